The lowest BCUT2D eigenvalue weighted by Crippen LogP contribution is -2.18. The molecule has 2 rings (SSSR count). The van der Waals surface area contributed by atoms with Crippen LogP contribution >= 0.6 is 11.3 Å². The number of aryl methyl sites for hydroxylation is 1. The number of rotatable bonds is 6. The Labute approximate surface area is 129 Å². The first-order chi connectivity index (χ1) is 10.1. The molecule has 1 aromatic carbocycles. The third kappa shape index (κ3) is 4.65. The fourth-order valence-electron chi connectivity index (χ4n) is 2.06. The largest absolute Gasteiger partial charge is 0.326 e. The number of hydrogen-bond acceptors (Lipinski definition) is 4. The van der Waals surface area contributed by atoms with Gasteiger partial charge in [-0.15, -0.1) is 11.3 Å². The molecule has 1 aromatic heterocycles. The van der Waals surface area contributed by atoms with Crippen LogP contribution in [-0.4, -0.2) is 10.9 Å². The van der Waals surface area contributed by atoms with E-state index in [0.29, 0.717) is 0 Å². The van der Waals surface area contributed by atoms with Crippen molar-refractivity contribution in [1.29, 1.82) is 0 Å². The van der Waals surface area contributed by atoms with Gasteiger partial charge >= 0.3 is 0 Å². The number of amides is 1. The Kier molecular flexibility index (Phi) is 5.47. The minimum atomic E-state index is -0.0534. The molecule has 0 bridgehead atoms. The van der Waals surface area contributed by atoms with Crippen molar-refractivity contribution in [2.45, 2.75) is 39.8 Å². The number of nitrogens with one attached hydrogen (secondary N) is 2. The molecular formula is C16H21N3OS. The molecular weight excluding hydrogens is 282 g/mol. The number of benzene rings is 1. The summed E-state index contributed by atoms with van der Waals surface area (Å²) in [6, 6.07) is 8.10. The van der Waals surface area contributed by atoms with Gasteiger partial charge in [-0.3, -0.25) is 4.79 Å². The van der Waals surface area contributed by atoms with Gasteiger partial charge in [0.15, 0.2) is 0 Å². The molecule has 1 unspecified atom stereocenters. The summed E-state index contributed by atoms with van der Waals surface area (Å²) in [5.41, 5.74) is 3.06. The number of carbonyl (C=O) groups is 1. The predicted molar refractivity (Wildman–Crippen MR) is 87.5 cm³/mol. The van der Waals surface area contributed by atoms with E-state index in [1.54, 1.807) is 11.3 Å². The van der Waals surface area contributed by atoms with E-state index in [1.807, 2.05) is 18.2 Å². The molecule has 4 nitrogen and oxygen atoms in total. The van der Waals surface area contributed by atoms with Crippen LogP contribution in [0.4, 0.5) is 5.69 Å². The highest BCUT2D eigenvalue weighted by atomic mass is 32.1. The summed E-state index contributed by atoms with van der Waals surface area (Å²) in [7, 11) is 0. The van der Waals surface area contributed by atoms with Crippen LogP contribution in [0.3, 0.4) is 0 Å². The zero-order valence-corrected chi connectivity index (χ0v) is 13.5. The Hall–Kier alpha value is -1.72. The third-order valence-corrected chi connectivity index (χ3v) is 4.24. The van der Waals surface area contributed by atoms with Gasteiger partial charge in [-0.2, -0.15) is 0 Å². The first-order valence-electron chi connectivity index (χ1n) is 7.12. The van der Waals surface area contributed by atoms with Gasteiger partial charge in [0.1, 0.15) is 0 Å². The van der Waals surface area contributed by atoms with Crippen LogP contribution in [0.15, 0.2) is 29.6 Å². The number of nitrogens with zero attached hydrogens (tertiary/aromatic N) is 1. The van der Waals surface area contributed by atoms with Gasteiger partial charge in [0, 0.05) is 30.6 Å². The lowest BCUT2D eigenvalue weighted by Gasteiger charge is -2.14. The Morgan fingerprint density at radius 3 is 2.90 bits per heavy atom. The van der Waals surface area contributed by atoms with Crippen molar-refractivity contribution in [2.24, 2.45) is 0 Å². The molecule has 1 heterocycles. The van der Waals surface area contributed by atoms with Crippen molar-refractivity contribution in [3.63, 3.8) is 0 Å². The molecule has 0 fully saturated rings. The lowest BCUT2D eigenvalue weighted by molar-refractivity contribution is -0.114. The molecule has 5 heteroatoms. The van der Waals surface area contributed by atoms with Gasteiger partial charge in [0.25, 0.3) is 0 Å². The van der Waals surface area contributed by atoms with Crippen molar-refractivity contribution < 1.29 is 4.79 Å². The molecule has 2 aromatic rings. The lowest BCUT2D eigenvalue weighted by atomic mass is 10.1. The van der Waals surface area contributed by atoms with Gasteiger partial charge in [-0.05, 0) is 31.0 Å². The van der Waals surface area contributed by atoms with E-state index in [9.17, 15) is 4.79 Å². The molecule has 1 amide bonds. The molecule has 1 atom stereocenters. The summed E-state index contributed by atoms with van der Waals surface area (Å²) >= 11 is 1.71. The molecule has 0 aliphatic heterocycles. The fraction of sp³-hybridized carbons (Fsp3) is 0.375. The SMILES string of the molecule is CCc1nc(CNC(C)c2cccc(NC(C)=O)c2)cs1. The molecule has 0 aliphatic rings. The zero-order chi connectivity index (χ0) is 15.2. The van der Waals surface area contributed by atoms with Crippen LogP contribution in [-0.2, 0) is 17.8 Å². The Bertz CT molecular complexity index is 609. The quantitative estimate of drug-likeness (QED) is 0.858. The molecule has 2 N–H and O–H groups in total. The Balaban J connectivity index is 1.96. The molecule has 0 radical (unpaired) electrons. The highest BCUT2D eigenvalue weighted by Crippen LogP contribution is 2.18. The van der Waals surface area contributed by atoms with Crippen LogP contribution < -0.4 is 10.6 Å². The van der Waals surface area contributed by atoms with E-state index in [2.05, 4.69) is 40.9 Å². The summed E-state index contributed by atoms with van der Waals surface area (Å²) < 4.78 is 0. The van der Waals surface area contributed by atoms with E-state index in [0.717, 1.165) is 29.9 Å². The standard InChI is InChI=1S/C16H21N3OS/c1-4-16-19-15(10-21-16)9-17-11(2)13-6-5-7-14(8-13)18-12(3)20/h5-8,10-11,17H,4,9H2,1-3H3,(H,18,20). The fourth-order valence-corrected chi connectivity index (χ4v) is 2.80. The zero-order valence-electron chi connectivity index (χ0n) is 12.6. The van der Waals surface area contributed by atoms with E-state index in [4.69, 9.17) is 0 Å². The highest BCUT2D eigenvalue weighted by molar-refractivity contribution is 7.09. The van der Waals surface area contributed by atoms with Crippen LogP contribution in [0, 0.1) is 0 Å². The van der Waals surface area contributed by atoms with Crippen LogP contribution in [0.2, 0.25) is 0 Å². The second-order valence-electron chi connectivity index (χ2n) is 5.00. The van der Waals surface area contributed by atoms with Crippen LogP contribution in [0.5, 0.6) is 0 Å². The summed E-state index contributed by atoms with van der Waals surface area (Å²) in [5.74, 6) is -0.0534. The maximum Gasteiger partial charge on any atom is 0.221 e. The van der Waals surface area contributed by atoms with Crippen molar-refractivity contribution in [1.82, 2.24) is 10.3 Å². The van der Waals surface area contributed by atoms with E-state index in [1.165, 1.54) is 11.9 Å². The smallest absolute Gasteiger partial charge is 0.221 e. The van der Waals surface area contributed by atoms with E-state index >= 15 is 0 Å². The normalized spacial score (nSPS) is 12.1. The number of carbonyl (C=O) groups excluding carboxylic acids is 1. The Morgan fingerprint density at radius 1 is 1.43 bits per heavy atom. The minimum absolute atomic E-state index is 0.0534. The summed E-state index contributed by atoms with van der Waals surface area (Å²) in [4.78, 5) is 15.7. The molecule has 0 saturated heterocycles. The topological polar surface area (TPSA) is 54.0 Å². The minimum Gasteiger partial charge on any atom is -0.326 e. The molecule has 0 saturated carbocycles. The molecule has 0 aliphatic carbocycles. The number of hydrogen-bond donors (Lipinski definition) is 2. The van der Waals surface area contributed by atoms with E-state index < -0.39 is 0 Å². The third-order valence-electron chi connectivity index (χ3n) is 3.20. The average Bonchev–Trinajstić information content (AvgIpc) is 2.92. The molecule has 112 valence electrons. The summed E-state index contributed by atoms with van der Waals surface area (Å²) in [5, 5.41) is 9.55. The Morgan fingerprint density at radius 2 is 2.24 bits per heavy atom. The maximum atomic E-state index is 11.1. The second kappa shape index (κ2) is 7.33. The van der Waals surface area contributed by atoms with Gasteiger partial charge in [-0.1, -0.05) is 19.1 Å². The van der Waals surface area contributed by atoms with Gasteiger partial charge in [0.05, 0.1) is 10.7 Å². The first-order valence-corrected chi connectivity index (χ1v) is 8.00. The maximum absolute atomic E-state index is 11.1. The monoisotopic (exact) mass is 303 g/mol. The first kappa shape index (κ1) is 15.7. The van der Waals surface area contributed by atoms with Crippen molar-refractivity contribution >= 4 is 22.9 Å². The van der Waals surface area contributed by atoms with Gasteiger partial charge in [0.2, 0.25) is 5.91 Å². The van der Waals surface area contributed by atoms with Crippen molar-refractivity contribution in [2.75, 3.05) is 5.32 Å². The van der Waals surface area contributed by atoms with Crippen molar-refractivity contribution in [3.05, 3.63) is 45.9 Å². The molecule has 21 heavy (non-hydrogen) atoms. The highest BCUT2D eigenvalue weighted by Gasteiger charge is 2.07. The number of thiazole rings is 1. The second-order valence-corrected chi connectivity index (χ2v) is 5.94. The average molecular weight is 303 g/mol. The predicted octanol–water partition coefficient (Wildman–Crippen LogP) is 3.51. The number of aromatic nitrogens is 1. The summed E-state index contributed by atoms with van der Waals surface area (Å²) in [6.07, 6.45) is 0.985. The van der Waals surface area contributed by atoms with Crippen LogP contribution in [0.25, 0.3) is 0 Å². The number of anilines is 1. The van der Waals surface area contributed by atoms with Gasteiger partial charge in [-0.25, -0.2) is 4.98 Å². The van der Waals surface area contributed by atoms with Crippen molar-refractivity contribution in [3.8, 4) is 0 Å². The van der Waals surface area contributed by atoms with Crippen LogP contribution in [0.1, 0.15) is 43.1 Å². The summed E-state index contributed by atoms with van der Waals surface area (Å²) in [6.45, 7) is 6.50. The van der Waals surface area contributed by atoms with E-state index in [-0.39, 0.29) is 11.9 Å². The van der Waals surface area contributed by atoms with Gasteiger partial charge < -0.3 is 10.6 Å². The molecule has 0 spiro atoms.